The Bertz CT molecular complexity index is 1140. The number of hydrogen-bond acceptors (Lipinski definition) is 6. The molecule has 9 nitrogen and oxygen atoms in total. The van der Waals surface area contributed by atoms with Crippen LogP contribution < -0.4 is 19.5 Å². The lowest BCUT2D eigenvalue weighted by Crippen LogP contribution is -2.46. The molecule has 1 aliphatic carbocycles. The van der Waals surface area contributed by atoms with Crippen LogP contribution in [0.2, 0.25) is 0 Å². The van der Waals surface area contributed by atoms with Crippen LogP contribution in [-0.2, 0) is 26.2 Å². The molecule has 1 fully saturated rings. The quantitative estimate of drug-likeness (QED) is 0.560. The molecule has 0 radical (unpaired) electrons. The molecule has 0 saturated heterocycles. The molecule has 4 rings (SSSR count). The van der Waals surface area contributed by atoms with E-state index in [-0.39, 0.29) is 36.7 Å². The van der Waals surface area contributed by atoms with Crippen molar-refractivity contribution in [3.8, 4) is 11.5 Å². The minimum absolute atomic E-state index is 0.0761. The van der Waals surface area contributed by atoms with Gasteiger partial charge in [0.05, 0.1) is 18.0 Å². The Morgan fingerprint density at radius 2 is 1.74 bits per heavy atom. The van der Waals surface area contributed by atoms with Crippen molar-refractivity contribution in [2.45, 2.75) is 50.1 Å². The van der Waals surface area contributed by atoms with E-state index in [0.29, 0.717) is 11.5 Å². The number of benzene rings is 2. The van der Waals surface area contributed by atoms with Crippen LogP contribution in [0.25, 0.3) is 0 Å². The number of ether oxygens (including phenoxy) is 2. The van der Waals surface area contributed by atoms with E-state index in [1.165, 1.54) is 17.0 Å². The van der Waals surface area contributed by atoms with Gasteiger partial charge < -0.3 is 19.7 Å². The molecule has 0 spiro atoms. The molecular formula is C24H29N3O6S. The van der Waals surface area contributed by atoms with Crippen LogP contribution >= 0.6 is 0 Å². The largest absolute Gasteiger partial charge is 0.454 e. The molecular weight excluding hydrogens is 458 g/mol. The number of nitrogens with zero attached hydrogens (tertiary/aromatic N) is 1. The zero-order valence-corrected chi connectivity index (χ0v) is 19.9. The molecule has 0 atom stereocenters. The number of hydrogen-bond donors (Lipinski definition) is 2. The summed E-state index contributed by atoms with van der Waals surface area (Å²) in [6, 6.07) is 11.8. The summed E-state index contributed by atoms with van der Waals surface area (Å²) < 4.78 is 38.3. The van der Waals surface area contributed by atoms with Gasteiger partial charge in [0.1, 0.15) is 0 Å². The Balaban J connectivity index is 1.44. The maximum absolute atomic E-state index is 13.0. The average Bonchev–Trinajstić information content (AvgIpc) is 3.49. The summed E-state index contributed by atoms with van der Waals surface area (Å²) in [6.45, 7) is 1.48. The molecule has 1 saturated carbocycles. The smallest absolute Gasteiger partial charge is 0.241 e. The van der Waals surface area contributed by atoms with Crippen LogP contribution in [0.15, 0.2) is 47.4 Å². The van der Waals surface area contributed by atoms with E-state index >= 15 is 0 Å². The highest BCUT2D eigenvalue weighted by molar-refractivity contribution is 7.89. The summed E-state index contributed by atoms with van der Waals surface area (Å²) in [5.41, 5.74) is 1.67. The fourth-order valence-electron chi connectivity index (χ4n) is 4.08. The molecule has 1 heterocycles. The van der Waals surface area contributed by atoms with Crippen molar-refractivity contribution in [3.63, 3.8) is 0 Å². The molecule has 2 amide bonds. The summed E-state index contributed by atoms with van der Waals surface area (Å²) >= 11 is 0. The first-order valence-corrected chi connectivity index (χ1v) is 12.8. The minimum atomic E-state index is -3.87. The predicted octanol–water partition coefficient (Wildman–Crippen LogP) is 2.09. The van der Waals surface area contributed by atoms with Crippen molar-refractivity contribution in [1.82, 2.24) is 14.9 Å². The lowest BCUT2D eigenvalue weighted by atomic mass is 10.2. The van der Waals surface area contributed by atoms with Gasteiger partial charge in [0.15, 0.2) is 11.5 Å². The van der Waals surface area contributed by atoms with Gasteiger partial charge in [0, 0.05) is 12.6 Å². The molecule has 2 aromatic carbocycles. The van der Waals surface area contributed by atoms with E-state index in [1.807, 2.05) is 6.92 Å². The Morgan fingerprint density at radius 3 is 2.47 bits per heavy atom. The van der Waals surface area contributed by atoms with Gasteiger partial charge in [-0.2, -0.15) is 0 Å². The SMILES string of the molecule is Cc1ccc(S(=O)(=O)NCC(=O)N(CC(=O)NC2CCCC2)Cc2ccc3c(c2)OCO3)cc1. The number of aryl methyl sites for hydroxylation is 1. The van der Waals surface area contributed by atoms with Gasteiger partial charge >= 0.3 is 0 Å². The summed E-state index contributed by atoms with van der Waals surface area (Å²) in [5, 5.41) is 2.98. The fraction of sp³-hybridized carbons (Fsp3) is 0.417. The zero-order valence-electron chi connectivity index (χ0n) is 19.1. The van der Waals surface area contributed by atoms with E-state index in [1.54, 1.807) is 30.3 Å². The molecule has 34 heavy (non-hydrogen) atoms. The van der Waals surface area contributed by atoms with Gasteiger partial charge in [-0.1, -0.05) is 36.6 Å². The van der Waals surface area contributed by atoms with E-state index < -0.39 is 22.5 Å². The third kappa shape index (κ3) is 6.06. The third-order valence-electron chi connectivity index (χ3n) is 5.96. The number of fused-ring (bicyclic) bond motifs is 1. The highest BCUT2D eigenvalue weighted by Gasteiger charge is 2.24. The fourth-order valence-corrected chi connectivity index (χ4v) is 5.05. The first-order chi connectivity index (χ1) is 16.3. The van der Waals surface area contributed by atoms with Crippen LogP contribution in [-0.4, -0.2) is 51.1 Å². The van der Waals surface area contributed by atoms with Crippen LogP contribution in [0.3, 0.4) is 0 Å². The van der Waals surface area contributed by atoms with Crippen molar-refractivity contribution in [2.75, 3.05) is 19.9 Å². The second kappa shape index (κ2) is 10.4. The normalized spacial score (nSPS) is 15.3. The van der Waals surface area contributed by atoms with E-state index in [4.69, 9.17) is 9.47 Å². The van der Waals surface area contributed by atoms with E-state index in [0.717, 1.165) is 36.8 Å². The van der Waals surface area contributed by atoms with Crippen LogP contribution in [0.4, 0.5) is 0 Å². The average molecular weight is 488 g/mol. The minimum Gasteiger partial charge on any atom is -0.454 e. The Morgan fingerprint density at radius 1 is 1.03 bits per heavy atom. The number of carbonyl (C=O) groups excluding carboxylic acids is 2. The Hall–Kier alpha value is -3.11. The van der Waals surface area contributed by atoms with E-state index in [9.17, 15) is 18.0 Å². The van der Waals surface area contributed by atoms with Gasteiger partial charge in [-0.05, 0) is 49.6 Å². The number of nitrogens with one attached hydrogen (secondary N) is 2. The van der Waals surface area contributed by atoms with Gasteiger partial charge in [0.2, 0.25) is 28.6 Å². The molecule has 2 aromatic rings. The lowest BCUT2D eigenvalue weighted by Gasteiger charge is -2.24. The number of rotatable bonds is 9. The third-order valence-corrected chi connectivity index (χ3v) is 7.38. The Kier molecular flexibility index (Phi) is 7.38. The van der Waals surface area contributed by atoms with Crippen LogP contribution in [0.5, 0.6) is 11.5 Å². The topological polar surface area (TPSA) is 114 Å². The second-order valence-electron chi connectivity index (χ2n) is 8.62. The van der Waals surface area contributed by atoms with Crippen LogP contribution in [0.1, 0.15) is 36.8 Å². The standard InChI is InChI=1S/C24H29N3O6S/c1-17-6-9-20(10-7-17)34(30,31)25-13-24(29)27(15-23(28)26-19-4-2-3-5-19)14-18-8-11-21-22(12-18)33-16-32-21/h6-12,19,25H,2-5,13-16H2,1H3,(H,26,28). The molecule has 2 N–H and O–H groups in total. The monoisotopic (exact) mass is 487 g/mol. The Labute approximate surface area is 199 Å². The van der Waals surface area contributed by atoms with Gasteiger partial charge in [-0.15, -0.1) is 0 Å². The van der Waals surface area contributed by atoms with Gasteiger partial charge in [-0.25, -0.2) is 13.1 Å². The lowest BCUT2D eigenvalue weighted by molar-refractivity contribution is -0.135. The molecule has 0 bridgehead atoms. The molecule has 1 aliphatic heterocycles. The summed E-state index contributed by atoms with van der Waals surface area (Å²) in [5.74, 6) is 0.421. The second-order valence-corrected chi connectivity index (χ2v) is 10.4. The molecule has 182 valence electrons. The first kappa shape index (κ1) is 24.0. The van der Waals surface area contributed by atoms with Gasteiger partial charge in [0.25, 0.3) is 0 Å². The van der Waals surface area contributed by atoms with Crippen molar-refractivity contribution in [3.05, 3.63) is 53.6 Å². The first-order valence-electron chi connectivity index (χ1n) is 11.3. The molecule has 10 heteroatoms. The molecule has 0 unspecified atom stereocenters. The highest BCUT2D eigenvalue weighted by atomic mass is 32.2. The van der Waals surface area contributed by atoms with Crippen molar-refractivity contribution >= 4 is 21.8 Å². The van der Waals surface area contributed by atoms with E-state index in [2.05, 4.69) is 10.0 Å². The summed E-state index contributed by atoms with van der Waals surface area (Å²) in [7, 11) is -3.87. The van der Waals surface area contributed by atoms with Crippen molar-refractivity contribution in [1.29, 1.82) is 0 Å². The van der Waals surface area contributed by atoms with Gasteiger partial charge in [-0.3, -0.25) is 9.59 Å². The molecule has 2 aliphatic rings. The molecule has 0 aromatic heterocycles. The van der Waals surface area contributed by atoms with Crippen molar-refractivity contribution < 1.29 is 27.5 Å². The number of amides is 2. The van der Waals surface area contributed by atoms with Crippen LogP contribution in [0, 0.1) is 6.92 Å². The highest BCUT2D eigenvalue weighted by Crippen LogP contribution is 2.32. The summed E-state index contributed by atoms with van der Waals surface area (Å²) in [6.07, 6.45) is 4.01. The number of sulfonamides is 1. The van der Waals surface area contributed by atoms with Crippen molar-refractivity contribution in [2.24, 2.45) is 0 Å². The number of carbonyl (C=O) groups is 2. The maximum Gasteiger partial charge on any atom is 0.241 e. The zero-order chi connectivity index (χ0) is 24.1. The predicted molar refractivity (Wildman–Crippen MR) is 125 cm³/mol. The summed E-state index contributed by atoms with van der Waals surface area (Å²) in [4.78, 5) is 27.1. The maximum atomic E-state index is 13.0.